The zero-order valence-electron chi connectivity index (χ0n) is 22.6. The number of amides is 2. The zero-order valence-corrected chi connectivity index (χ0v) is 24.9. The molecule has 11 heteroatoms. The standard InChI is InChI=1S/C30H32Cl2FN3O4S/c1-2-28(30(38)34-22-11-7-8-12-22)35(19-21-10-6-9-15-25(21)31)29(37)20-36(23-16-17-27(33)26(32)18-23)41(39,40)24-13-4-3-5-14-24/h3-6,9-10,13-18,22,28H,2,7-8,11-12,19-20H2,1H3,(H,34,38). The summed E-state index contributed by atoms with van der Waals surface area (Å²) < 4.78 is 42.6. The van der Waals surface area contributed by atoms with Crippen molar-refractivity contribution in [2.24, 2.45) is 0 Å². The Bertz CT molecular complexity index is 1480. The summed E-state index contributed by atoms with van der Waals surface area (Å²) in [5.41, 5.74) is 0.617. The minimum atomic E-state index is -4.29. The van der Waals surface area contributed by atoms with Gasteiger partial charge in [0.25, 0.3) is 10.0 Å². The molecule has 0 aromatic heterocycles. The molecule has 1 unspecified atom stereocenters. The third kappa shape index (κ3) is 7.39. The first-order valence-corrected chi connectivity index (χ1v) is 15.7. The normalized spacial score (nSPS) is 14.4. The van der Waals surface area contributed by atoms with E-state index in [1.165, 1.54) is 23.1 Å². The molecule has 41 heavy (non-hydrogen) atoms. The Morgan fingerprint density at radius 1 is 0.976 bits per heavy atom. The smallest absolute Gasteiger partial charge is 0.264 e. The first-order valence-electron chi connectivity index (χ1n) is 13.5. The van der Waals surface area contributed by atoms with Crippen LogP contribution in [0.4, 0.5) is 10.1 Å². The molecule has 1 fully saturated rings. The molecule has 1 aliphatic carbocycles. The summed E-state index contributed by atoms with van der Waals surface area (Å²) in [6.07, 6.45) is 4.08. The topological polar surface area (TPSA) is 86.8 Å². The van der Waals surface area contributed by atoms with Gasteiger partial charge in [0.2, 0.25) is 11.8 Å². The molecule has 0 radical (unpaired) electrons. The molecular weight excluding hydrogens is 588 g/mol. The second-order valence-electron chi connectivity index (χ2n) is 9.95. The number of anilines is 1. The number of halogens is 3. The summed E-state index contributed by atoms with van der Waals surface area (Å²) >= 11 is 12.4. The van der Waals surface area contributed by atoms with Gasteiger partial charge in [0.1, 0.15) is 18.4 Å². The summed E-state index contributed by atoms with van der Waals surface area (Å²) in [7, 11) is -4.29. The highest BCUT2D eigenvalue weighted by atomic mass is 35.5. The van der Waals surface area contributed by atoms with E-state index in [4.69, 9.17) is 23.2 Å². The highest BCUT2D eigenvalue weighted by Crippen LogP contribution is 2.29. The van der Waals surface area contributed by atoms with E-state index < -0.39 is 34.3 Å². The molecule has 3 aromatic carbocycles. The van der Waals surface area contributed by atoms with E-state index in [0.29, 0.717) is 17.0 Å². The maximum Gasteiger partial charge on any atom is 0.264 e. The number of hydrogen-bond donors (Lipinski definition) is 1. The third-order valence-electron chi connectivity index (χ3n) is 7.19. The van der Waals surface area contributed by atoms with Crippen LogP contribution in [0.2, 0.25) is 10.0 Å². The molecule has 0 bridgehead atoms. The van der Waals surface area contributed by atoms with Crippen molar-refractivity contribution in [3.8, 4) is 0 Å². The lowest BCUT2D eigenvalue weighted by atomic mass is 10.1. The summed E-state index contributed by atoms with van der Waals surface area (Å²) in [5.74, 6) is -1.66. The predicted octanol–water partition coefficient (Wildman–Crippen LogP) is 6.19. The summed E-state index contributed by atoms with van der Waals surface area (Å²) in [4.78, 5) is 28.9. The Morgan fingerprint density at radius 2 is 1.63 bits per heavy atom. The van der Waals surface area contributed by atoms with Gasteiger partial charge < -0.3 is 10.2 Å². The SMILES string of the molecule is CCC(C(=O)NC1CCCC1)N(Cc1ccccc1Cl)C(=O)CN(c1ccc(F)c(Cl)c1)S(=O)(=O)c1ccccc1. The van der Waals surface area contributed by atoms with Crippen molar-refractivity contribution in [2.45, 2.75) is 62.6 Å². The molecule has 1 saturated carbocycles. The molecule has 0 aliphatic heterocycles. The Morgan fingerprint density at radius 3 is 2.27 bits per heavy atom. The molecule has 7 nitrogen and oxygen atoms in total. The van der Waals surface area contributed by atoms with Crippen molar-refractivity contribution in [2.75, 3.05) is 10.8 Å². The van der Waals surface area contributed by atoms with E-state index >= 15 is 0 Å². The van der Waals surface area contributed by atoms with E-state index in [1.807, 2.05) is 0 Å². The largest absolute Gasteiger partial charge is 0.352 e. The van der Waals surface area contributed by atoms with Crippen LogP contribution in [0.3, 0.4) is 0 Å². The lowest BCUT2D eigenvalue weighted by Gasteiger charge is -2.34. The number of carbonyl (C=O) groups excluding carboxylic acids is 2. The monoisotopic (exact) mass is 619 g/mol. The Kier molecular flexibility index (Phi) is 10.3. The van der Waals surface area contributed by atoms with Crippen LogP contribution in [-0.2, 0) is 26.2 Å². The molecule has 0 heterocycles. The number of sulfonamides is 1. The lowest BCUT2D eigenvalue weighted by molar-refractivity contribution is -0.140. The van der Waals surface area contributed by atoms with E-state index in [9.17, 15) is 22.4 Å². The minimum Gasteiger partial charge on any atom is -0.352 e. The van der Waals surface area contributed by atoms with E-state index in [1.54, 1.807) is 49.4 Å². The average Bonchev–Trinajstić information content (AvgIpc) is 3.47. The third-order valence-corrected chi connectivity index (χ3v) is 9.63. The number of nitrogens with one attached hydrogen (secondary N) is 1. The van der Waals surface area contributed by atoms with Crippen molar-refractivity contribution in [3.63, 3.8) is 0 Å². The fourth-order valence-corrected chi connectivity index (χ4v) is 6.78. The number of carbonyl (C=O) groups is 2. The van der Waals surface area contributed by atoms with Crippen LogP contribution in [0.1, 0.15) is 44.6 Å². The fourth-order valence-electron chi connectivity index (χ4n) is 4.99. The second kappa shape index (κ2) is 13.7. The maximum atomic E-state index is 14.1. The average molecular weight is 621 g/mol. The van der Waals surface area contributed by atoms with Crippen LogP contribution in [0.25, 0.3) is 0 Å². The second-order valence-corrected chi connectivity index (χ2v) is 12.6. The molecule has 3 aromatic rings. The van der Waals surface area contributed by atoms with Gasteiger partial charge in [-0.05, 0) is 61.2 Å². The van der Waals surface area contributed by atoms with Gasteiger partial charge in [-0.15, -0.1) is 0 Å². The van der Waals surface area contributed by atoms with Crippen LogP contribution < -0.4 is 9.62 Å². The summed E-state index contributed by atoms with van der Waals surface area (Å²) in [6, 6.07) is 17.2. The fraction of sp³-hybridized carbons (Fsp3) is 0.333. The first kappa shape index (κ1) is 30.8. The highest BCUT2D eigenvalue weighted by Gasteiger charge is 2.35. The van der Waals surface area contributed by atoms with Crippen LogP contribution in [0, 0.1) is 5.82 Å². The number of benzene rings is 3. The molecule has 218 valence electrons. The summed E-state index contributed by atoms with van der Waals surface area (Å²) in [6.45, 7) is 1.12. The highest BCUT2D eigenvalue weighted by molar-refractivity contribution is 7.92. The van der Waals surface area contributed by atoms with Crippen LogP contribution in [-0.4, -0.2) is 43.8 Å². The molecule has 0 saturated heterocycles. The van der Waals surface area contributed by atoms with Crippen LogP contribution in [0.15, 0.2) is 77.7 Å². The lowest BCUT2D eigenvalue weighted by Crippen LogP contribution is -2.53. The van der Waals surface area contributed by atoms with Gasteiger partial charge in [-0.25, -0.2) is 12.8 Å². The molecular formula is C30H32Cl2FN3O4S. The molecule has 0 spiro atoms. The van der Waals surface area contributed by atoms with Gasteiger partial charge in [-0.2, -0.15) is 0 Å². The van der Waals surface area contributed by atoms with Gasteiger partial charge in [-0.3, -0.25) is 13.9 Å². The van der Waals surface area contributed by atoms with Crippen LogP contribution >= 0.6 is 23.2 Å². The van der Waals surface area contributed by atoms with Gasteiger partial charge in [0.05, 0.1) is 15.6 Å². The number of rotatable bonds is 11. The van der Waals surface area contributed by atoms with Crippen molar-refractivity contribution in [1.29, 1.82) is 0 Å². The molecule has 1 atom stereocenters. The van der Waals surface area contributed by atoms with Gasteiger partial charge in [0.15, 0.2) is 0 Å². The van der Waals surface area contributed by atoms with Crippen molar-refractivity contribution >= 4 is 50.7 Å². The molecule has 1 aliphatic rings. The molecule has 1 N–H and O–H groups in total. The molecule has 2 amide bonds. The Labute approximate surface area is 250 Å². The molecule has 4 rings (SSSR count). The summed E-state index contributed by atoms with van der Waals surface area (Å²) in [5, 5.41) is 3.18. The van der Waals surface area contributed by atoms with E-state index in [0.717, 1.165) is 42.1 Å². The van der Waals surface area contributed by atoms with Gasteiger partial charge >= 0.3 is 0 Å². The van der Waals surface area contributed by atoms with Gasteiger partial charge in [-0.1, -0.05) is 79.4 Å². The number of nitrogens with zero attached hydrogens (tertiary/aromatic N) is 2. The van der Waals surface area contributed by atoms with E-state index in [2.05, 4.69) is 5.32 Å². The first-order chi connectivity index (χ1) is 19.6. The Balaban J connectivity index is 1.73. The van der Waals surface area contributed by atoms with Gasteiger partial charge in [0, 0.05) is 17.6 Å². The number of hydrogen-bond acceptors (Lipinski definition) is 4. The van der Waals surface area contributed by atoms with Crippen molar-refractivity contribution in [3.05, 3.63) is 94.2 Å². The quantitative estimate of drug-likeness (QED) is 0.277. The predicted molar refractivity (Wildman–Crippen MR) is 159 cm³/mol. The van der Waals surface area contributed by atoms with Crippen molar-refractivity contribution in [1.82, 2.24) is 10.2 Å². The zero-order chi connectivity index (χ0) is 29.6. The van der Waals surface area contributed by atoms with Crippen LogP contribution in [0.5, 0.6) is 0 Å². The minimum absolute atomic E-state index is 0.00903. The van der Waals surface area contributed by atoms with Crippen molar-refractivity contribution < 1.29 is 22.4 Å². The van der Waals surface area contributed by atoms with E-state index in [-0.39, 0.29) is 34.1 Å². The maximum absolute atomic E-state index is 14.1. The Hall–Kier alpha value is -3.14.